The van der Waals surface area contributed by atoms with Gasteiger partial charge in [-0.3, -0.25) is 15.0 Å². The zero-order valence-corrected chi connectivity index (χ0v) is 12.2. The van der Waals surface area contributed by atoms with Crippen LogP contribution in [0.5, 0.6) is 0 Å². The van der Waals surface area contributed by atoms with E-state index < -0.39 is 0 Å². The molecule has 1 aliphatic rings. The Labute approximate surface area is 123 Å². The molecule has 0 aliphatic carbocycles. The summed E-state index contributed by atoms with van der Waals surface area (Å²) in [6, 6.07) is 5.29. The average Bonchev–Trinajstić information content (AvgIpc) is 2.84. The summed E-state index contributed by atoms with van der Waals surface area (Å²) in [4.78, 5) is 12.8. The first-order valence-corrected chi connectivity index (χ1v) is 6.29. The van der Waals surface area contributed by atoms with Gasteiger partial charge in [0.15, 0.2) is 0 Å². The number of hydrogen-bond donors (Lipinski definition) is 1. The van der Waals surface area contributed by atoms with Gasteiger partial charge in [0, 0.05) is 35.8 Å². The summed E-state index contributed by atoms with van der Waals surface area (Å²) < 4.78 is 0. The zero-order chi connectivity index (χ0) is 13.1. The third-order valence-electron chi connectivity index (χ3n) is 3.32. The van der Waals surface area contributed by atoms with E-state index in [9.17, 15) is 10.1 Å². The number of nitro groups is 1. The third kappa shape index (κ3) is 4.04. The van der Waals surface area contributed by atoms with E-state index in [1.165, 1.54) is 6.07 Å². The topological polar surface area (TPSA) is 58.4 Å². The lowest BCUT2D eigenvalue weighted by Crippen LogP contribution is -2.33. The van der Waals surface area contributed by atoms with Crippen LogP contribution in [0, 0.1) is 10.1 Å². The maximum atomic E-state index is 11.0. The molecule has 0 aromatic heterocycles. The minimum Gasteiger partial charge on any atom is -0.315 e. The minimum atomic E-state index is -0.373. The second-order valence-corrected chi connectivity index (χ2v) is 5.03. The highest BCUT2D eigenvalue weighted by atomic mass is 35.5. The molecule has 0 spiro atoms. The van der Waals surface area contributed by atoms with Gasteiger partial charge in [0.25, 0.3) is 5.69 Å². The predicted molar refractivity (Wildman–Crippen MR) is 78.1 cm³/mol. The van der Waals surface area contributed by atoms with E-state index in [-0.39, 0.29) is 23.0 Å². The van der Waals surface area contributed by atoms with Crippen LogP contribution >= 0.6 is 24.0 Å². The number of likely N-dealkylation sites (N-methyl/N-ethyl adjacent to an activating group) is 1. The van der Waals surface area contributed by atoms with E-state index in [1.807, 2.05) is 7.05 Å². The fourth-order valence-electron chi connectivity index (χ4n) is 2.25. The molecule has 2 rings (SSSR count). The van der Waals surface area contributed by atoms with Crippen molar-refractivity contribution < 1.29 is 4.92 Å². The average molecular weight is 306 g/mol. The van der Waals surface area contributed by atoms with Gasteiger partial charge in [-0.05, 0) is 32.1 Å². The van der Waals surface area contributed by atoms with Crippen molar-refractivity contribution in [2.45, 2.75) is 19.0 Å². The normalized spacial score (nSPS) is 18.4. The van der Waals surface area contributed by atoms with Crippen molar-refractivity contribution in [3.63, 3.8) is 0 Å². The smallest absolute Gasteiger partial charge is 0.275 e. The molecule has 0 radical (unpaired) electrons. The molecule has 19 heavy (non-hydrogen) atoms. The van der Waals surface area contributed by atoms with Crippen LogP contribution in [0.4, 0.5) is 5.69 Å². The summed E-state index contributed by atoms with van der Waals surface area (Å²) in [6.45, 7) is 2.52. The summed E-state index contributed by atoms with van der Waals surface area (Å²) in [5.74, 6) is 0. The van der Waals surface area contributed by atoms with Crippen LogP contribution in [0.25, 0.3) is 0 Å². The molecule has 0 bridgehead atoms. The summed E-state index contributed by atoms with van der Waals surface area (Å²) in [7, 11) is 2.00. The Hall–Kier alpha value is -0.880. The van der Waals surface area contributed by atoms with Crippen molar-refractivity contribution in [2.75, 3.05) is 20.1 Å². The second-order valence-electron chi connectivity index (χ2n) is 4.59. The Bertz CT molecular complexity index is 451. The number of nitrogens with zero attached hydrogens (tertiary/aromatic N) is 2. The van der Waals surface area contributed by atoms with Gasteiger partial charge in [-0.2, -0.15) is 0 Å². The molecule has 1 atom stereocenters. The number of benzene rings is 1. The second kappa shape index (κ2) is 7.05. The highest BCUT2D eigenvalue weighted by molar-refractivity contribution is 6.30. The summed E-state index contributed by atoms with van der Waals surface area (Å²) in [5, 5.41) is 14.7. The molecular formula is C12H17Cl2N3O2. The molecule has 1 unspecified atom stereocenters. The van der Waals surface area contributed by atoms with E-state index in [1.54, 1.807) is 12.1 Å². The van der Waals surface area contributed by atoms with Gasteiger partial charge >= 0.3 is 0 Å². The van der Waals surface area contributed by atoms with Crippen molar-refractivity contribution in [3.05, 3.63) is 38.9 Å². The lowest BCUT2D eigenvalue weighted by atomic mass is 10.1. The van der Waals surface area contributed by atoms with Gasteiger partial charge in [0.2, 0.25) is 0 Å². The molecule has 1 heterocycles. The fourth-order valence-corrected chi connectivity index (χ4v) is 2.42. The van der Waals surface area contributed by atoms with Gasteiger partial charge in [-0.25, -0.2) is 0 Å². The molecule has 1 aliphatic heterocycles. The van der Waals surface area contributed by atoms with Crippen LogP contribution in [0.1, 0.15) is 12.0 Å². The fraction of sp³-hybridized carbons (Fsp3) is 0.500. The molecular weight excluding hydrogens is 289 g/mol. The molecule has 106 valence electrons. The predicted octanol–water partition coefficient (Wildman–Crippen LogP) is 2.46. The minimum absolute atomic E-state index is 0. The van der Waals surface area contributed by atoms with Crippen molar-refractivity contribution >= 4 is 29.7 Å². The van der Waals surface area contributed by atoms with Gasteiger partial charge < -0.3 is 5.32 Å². The van der Waals surface area contributed by atoms with E-state index in [4.69, 9.17) is 11.6 Å². The monoisotopic (exact) mass is 305 g/mol. The Morgan fingerprint density at radius 2 is 2.32 bits per heavy atom. The molecule has 1 aromatic rings. The number of nitro benzene ring substituents is 1. The van der Waals surface area contributed by atoms with Crippen LogP contribution < -0.4 is 5.32 Å². The first kappa shape index (κ1) is 16.2. The maximum absolute atomic E-state index is 11.0. The Balaban J connectivity index is 0.00000180. The Morgan fingerprint density at radius 3 is 2.89 bits per heavy atom. The molecule has 1 fully saturated rings. The van der Waals surface area contributed by atoms with Crippen LogP contribution in [-0.4, -0.2) is 36.0 Å². The highest BCUT2D eigenvalue weighted by Gasteiger charge is 2.22. The zero-order valence-electron chi connectivity index (χ0n) is 10.6. The van der Waals surface area contributed by atoms with E-state index in [0.717, 1.165) is 19.5 Å². The van der Waals surface area contributed by atoms with Crippen molar-refractivity contribution in [2.24, 2.45) is 0 Å². The first-order valence-electron chi connectivity index (χ1n) is 5.91. The van der Waals surface area contributed by atoms with Crippen molar-refractivity contribution in [3.8, 4) is 0 Å². The summed E-state index contributed by atoms with van der Waals surface area (Å²) in [5.41, 5.74) is 0.805. The summed E-state index contributed by atoms with van der Waals surface area (Å²) in [6.07, 6.45) is 1.08. The number of hydrogen-bond acceptors (Lipinski definition) is 4. The lowest BCUT2D eigenvalue weighted by molar-refractivity contribution is -0.385. The van der Waals surface area contributed by atoms with Gasteiger partial charge in [0.05, 0.1) is 4.92 Å². The SMILES string of the molecule is CN(Cc1ccc(Cl)cc1[N+](=O)[O-])C1CCNC1.Cl. The third-order valence-corrected chi connectivity index (χ3v) is 3.56. The van der Waals surface area contributed by atoms with E-state index in [0.29, 0.717) is 23.2 Å². The van der Waals surface area contributed by atoms with Crippen LogP contribution in [-0.2, 0) is 6.54 Å². The number of nitrogens with one attached hydrogen (secondary N) is 1. The van der Waals surface area contributed by atoms with Crippen LogP contribution in [0.15, 0.2) is 18.2 Å². The number of halogens is 2. The Morgan fingerprint density at radius 1 is 1.58 bits per heavy atom. The quantitative estimate of drug-likeness (QED) is 0.686. The highest BCUT2D eigenvalue weighted by Crippen LogP contribution is 2.25. The first-order chi connectivity index (χ1) is 8.58. The lowest BCUT2D eigenvalue weighted by Gasteiger charge is -2.23. The van der Waals surface area contributed by atoms with Crippen molar-refractivity contribution in [1.82, 2.24) is 10.2 Å². The molecule has 0 saturated carbocycles. The molecule has 1 aromatic carbocycles. The summed E-state index contributed by atoms with van der Waals surface area (Å²) >= 11 is 5.80. The van der Waals surface area contributed by atoms with Crippen LogP contribution in [0.2, 0.25) is 5.02 Å². The van der Waals surface area contributed by atoms with E-state index >= 15 is 0 Å². The largest absolute Gasteiger partial charge is 0.315 e. The van der Waals surface area contributed by atoms with Crippen molar-refractivity contribution in [1.29, 1.82) is 0 Å². The molecule has 0 amide bonds. The maximum Gasteiger partial charge on any atom is 0.275 e. The van der Waals surface area contributed by atoms with Gasteiger partial charge in [0.1, 0.15) is 0 Å². The molecule has 1 saturated heterocycles. The number of rotatable bonds is 4. The van der Waals surface area contributed by atoms with Gasteiger partial charge in [-0.15, -0.1) is 12.4 Å². The standard InChI is InChI=1S/C12H16ClN3O2.ClH/c1-15(11-4-5-14-7-11)8-9-2-3-10(13)6-12(9)16(17)18;/h2-3,6,11,14H,4-5,7-8H2,1H3;1H. The Kier molecular flexibility index (Phi) is 6.00. The molecule has 1 N–H and O–H groups in total. The van der Waals surface area contributed by atoms with Gasteiger partial charge in [-0.1, -0.05) is 11.6 Å². The molecule has 7 heteroatoms. The van der Waals surface area contributed by atoms with E-state index in [2.05, 4.69) is 10.2 Å². The molecule has 5 nitrogen and oxygen atoms in total. The van der Waals surface area contributed by atoms with Crippen LogP contribution in [0.3, 0.4) is 0 Å².